The van der Waals surface area contributed by atoms with Gasteiger partial charge < -0.3 is 9.64 Å². The summed E-state index contributed by atoms with van der Waals surface area (Å²) >= 11 is 0. The van der Waals surface area contributed by atoms with Crippen LogP contribution in [0.25, 0.3) is 0 Å². The van der Waals surface area contributed by atoms with Crippen molar-refractivity contribution >= 4 is 13.9 Å². The Morgan fingerprint density at radius 3 is 3.07 bits per heavy atom. The second kappa shape index (κ2) is 3.18. The van der Waals surface area contributed by atoms with E-state index < -0.39 is 0 Å². The van der Waals surface area contributed by atoms with Crippen LogP contribution in [0.15, 0.2) is 0 Å². The minimum Gasteiger partial charge on any atom is -0.444 e. The third kappa shape index (κ3) is 1.62. The lowest BCUT2D eigenvalue weighted by molar-refractivity contribution is 0.120. The van der Waals surface area contributed by atoms with Crippen LogP contribution >= 0.6 is 0 Å². The molecule has 0 aromatic rings. The smallest absolute Gasteiger partial charge is 0.410 e. The van der Waals surface area contributed by atoms with Gasteiger partial charge in [0.05, 0.1) is 6.04 Å². The highest BCUT2D eigenvalue weighted by Crippen LogP contribution is 2.42. The lowest BCUT2D eigenvalue weighted by Crippen LogP contribution is -2.33. The second-order valence-corrected chi connectivity index (χ2v) is 5.36. The van der Waals surface area contributed by atoms with E-state index in [1.54, 1.807) is 4.90 Å². The summed E-state index contributed by atoms with van der Waals surface area (Å²) in [4.78, 5) is 13.1. The van der Waals surface area contributed by atoms with Gasteiger partial charge in [-0.1, -0.05) is 25.1 Å². The van der Waals surface area contributed by atoms with Gasteiger partial charge in [-0.15, -0.1) is 0 Å². The highest BCUT2D eigenvalue weighted by Gasteiger charge is 2.43. The average molecular weight is 195 g/mol. The SMILES string of the molecule is BC1(C)CCCC2C(C1)OC(=O)N2C. The molecule has 2 aliphatic rings. The molecule has 1 saturated heterocycles. The van der Waals surface area contributed by atoms with E-state index in [1.807, 2.05) is 7.05 Å². The Hall–Kier alpha value is -0.665. The van der Waals surface area contributed by atoms with E-state index >= 15 is 0 Å². The van der Waals surface area contributed by atoms with E-state index in [4.69, 9.17) is 4.74 Å². The molecule has 2 rings (SSSR count). The zero-order valence-electron chi connectivity index (χ0n) is 9.25. The molecule has 1 aliphatic carbocycles. The van der Waals surface area contributed by atoms with E-state index in [1.165, 1.54) is 12.8 Å². The number of carbonyl (C=O) groups is 1. The molecule has 0 radical (unpaired) electrons. The van der Waals surface area contributed by atoms with Crippen molar-refractivity contribution in [1.29, 1.82) is 0 Å². The van der Waals surface area contributed by atoms with Crippen molar-refractivity contribution in [3.8, 4) is 0 Å². The van der Waals surface area contributed by atoms with Gasteiger partial charge in [0.1, 0.15) is 14.0 Å². The normalized spacial score (nSPS) is 43.0. The number of fused-ring (bicyclic) bond motifs is 1. The molecule has 0 bridgehead atoms. The molecule has 0 spiro atoms. The molecule has 14 heavy (non-hydrogen) atoms. The lowest BCUT2D eigenvalue weighted by atomic mass is 9.65. The summed E-state index contributed by atoms with van der Waals surface area (Å²) in [7, 11) is 4.12. The molecule has 1 aliphatic heterocycles. The molecule has 3 atom stereocenters. The van der Waals surface area contributed by atoms with Crippen LogP contribution in [0.4, 0.5) is 4.79 Å². The van der Waals surface area contributed by atoms with Gasteiger partial charge in [-0.05, 0) is 12.8 Å². The first-order chi connectivity index (χ1) is 6.49. The van der Waals surface area contributed by atoms with Crippen molar-refractivity contribution in [2.24, 2.45) is 0 Å². The van der Waals surface area contributed by atoms with Gasteiger partial charge in [0.15, 0.2) is 0 Å². The van der Waals surface area contributed by atoms with Crippen LogP contribution < -0.4 is 0 Å². The Labute approximate surface area is 86.2 Å². The van der Waals surface area contributed by atoms with E-state index in [-0.39, 0.29) is 12.2 Å². The van der Waals surface area contributed by atoms with E-state index in [0.717, 1.165) is 12.8 Å². The number of amides is 1. The first kappa shape index (κ1) is 9.87. The standard InChI is InChI=1S/C10H18BNO2/c1-10(11)5-3-4-7-8(6-10)14-9(13)12(7)2/h7-8H,3-6,11H2,1-2H3. The van der Waals surface area contributed by atoms with Crippen LogP contribution in [0.2, 0.25) is 5.31 Å². The van der Waals surface area contributed by atoms with Gasteiger partial charge in [0, 0.05) is 7.05 Å². The Kier molecular flexibility index (Phi) is 2.24. The Balaban J connectivity index is 2.14. The second-order valence-electron chi connectivity index (χ2n) is 5.36. The summed E-state index contributed by atoms with van der Waals surface area (Å²) in [5, 5.41) is 0.324. The van der Waals surface area contributed by atoms with Crippen molar-refractivity contribution in [2.45, 2.75) is 50.1 Å². The fourth-order valence-electron chi connectivity index (χ4n) is 2.67. The Bertz CT molecular complexity index is 255. The molecule has 4 heteroatoms. The van der Waals surface area contributed by atoms with E-state index in [0.29, 0.717) is 11.4 Å². The Morgan fingerprint density at radius 1 is 1.64 bits per heavy atom. The molecular weight excluding hydrogens is 177 g/mol. The van der Waals surface area contributed by atoms with E-state index in [2.05, 4.69) is 14.8 Å². The molecule has 3 nitrogen and oxygen atoms in total. The van der Waals surface area contributed by atoms with Gasteiger partial charge >= 0.3 is 6.09 Å². The molecule has 3 unspecified atom stereocenters. The average Bonchev–Trinajstić information content (AvgIpc) is 2.28. The largest absolute Gasteiger partial charge is 0.444 e. The van der Waals surface area contributed by atoms with Crippen molar-refractivity contribution in [3.63, 3.8) is 0 Å². The van der Waals surface area contributed by atoms with Crippen LogP contribution in [0.3, 0.4) is 0 Å². The third-order valence-electron chi connectivity index (χ3n) is 3.57. The number of hydrogen-bond donors (Lipinski definition) is 0. The summed E-state index contributed by atoms with van der Waals surface area (Å²) in [5.41, 5.74) is 0. The molecule has 1 amide bonds. The van der Waals surface area contributed by atoms with Crippen molar-refractivity contribution < 1.29 is 9.53 Å². The number of carbonyl (C=O) groups excluding carboxylic acids is 1. The van der Waals surface area contributed by atoms with Crippen LogP contribution in [0.1, 0.15) is 32.6 Å². The van der Waals surface area contributed by atoms with Crippen molar-refractivity contribution in [2.75, 3.05) is 7.05 Å². The summed E-state index contributed by atoms with van der Waals surface area (Å²) in [5.74, 6) is 0. The monoisotopic (exact) mass is 195 g/mol. The fourth-order valence-corrected chi connectivity index (χ4v) is 2.67. The molecule has 0 aromatic carbocycles. The number of likely N-dealkylation sites (N-methyl/N-ethyl adjacent to an activating group) is 1. The first-order valence-electron chi connectivity index (χ1n) is 5.43. The van der Waals surface area contributed by atoms with Crippen LogP contribution in [-0.2, 0) is 4.74 Å². The molecule has 2 fully saturated rings. The topological polar surface area (TPSA) is 29.5 Å². The quantitative estimate of drug-likeness (QED) is 0.543. The number of ether oxygens (including phenoxy) is 1. The Morgan fingerprint density at radius 2 is 2.36 bits per heavy atom. The maximum Gasteiger partial charge on any atom is 0.410 e. The van der Waals surface area contributed by atoms with Gasteiger partial charge in [0.2, 0.25) is 0 Å². The van der Waals surface area contributed by atoms with Gasteiger partial charge in [-0.2, -0.15) is 0 Å². The van der Waals surface area contributed by atoms with Crippen LogP contribution in [-0.4, -0.2) is 38.0 Å². The summed E-state index contributed by atoms with van der Waals surface area (Å²) in [6.45, 7) is 2.27. The third-order valence-corrected chi connectivity index (χ3v) is 3.57. The molecule has 1 heterocycles. The molecular formula is C10H18BNO2. The molecule has 0 aromatic heterocycles. The highest BCUT2D eigenvalue weighted by molar-refractivity contribution is 6.14. The number of hydrogen-bond acceptors (Lipinski definition) is 2. The summed E-state index contributed by atoms with van der Waals surface area (Å²) in [6, 6.07) is 0.323. The highest BCUT2D eigenvalue weighted by atomic mass is 16.6. The first-order valence-corrected chi connectivity index (χ1v) is 5.43. The zero-order valence-corrected chi connectivity index (χ0v) is 9.25. The van der Waals surface area contributed by atoms with Gasteiger partial charge in [-0.3, -0.25) is 0 Å². The lowest BCUT2D eigenvalue weighted by Gasteiger charge is -2.25. The van der Waals surface area contributed by atoms with Crippen LogP contribution in [0.5, 0.6) is 0 Å². The summed E-state index contributed by atoms with van der Waals surface area (Å²) < 4.78 is 5.38. The molecule has 1 saturated carbocycles. The molecule has 78 valence electrons. The van der Waals surface area contributed by atoms with Crippen molar-refractivity contribution in [3.05, 3.63) is 0 Å². The zero-order chi connectivity index (χ0) is 10.3. The van der Waals surface area contributed by atoms with Crippen molar-refractivity contribution in [1.82, 2.24) is 4.90 Å². The maximum absolute atomic E-state index is 11.4. The fraction of sp³-hybridized carbons (Fsp3) is 0.900. The van der Waals surface area contributed by atoms with Gasteiger partial charge in [-0.25, -0.2) is 4.79 Å². The maximum atomic E-state index is 11.4. The molecule has 0 N–H and O–H groups in total. The predicted molar refractivity (Wildman–Crippen MR) is 57.2 cm³/mol. The number of rotatable bonds is 0. The number of nitrogens with zero attached hydrogens (tertiary/aromatic N) is 1. The minimum absolute atomic E-state index is 0.130. The predicted octanol–water partition coefficient (Wildman–Crippen LogP) is 1.19. The van der Waals surface area contributed by atoms with E-state index in [9.17, 15) is 4.79 Å². The van der Waals surface area contributed by atoms with Gasteiger partial charge in [0.25, 0.3) is 0 Å². The summed E-state index contributed by atoms with van der Waals surface area (Å²) in [6.07, 6.45) is 4.53. The van der Waals surface area contributed by atoms with Crippen LogP contribution in [0, 0.1) is 0 Å². The minimum atomic E-state index is -0.141.